The van der Waals surface area contributed by atoms with Gasteiger partial charge in [0.2, 0.25) is 0 Å². The van der Waals surface area contributed by atoms with Gasteiger partial charge >= 0.3 is 0 Å². The van der Waals surface area contributed by atoms with E-state index in [2.05, 4.69) is 4.98 Å². The smallest absolute Gasteiger partial charge is 0.175 e. The average Bonchev–Trinajstić information content (AvgIpc) is 2.69. The first-order valence-electron chi connectivity index (χ1n) is 5.51. The molecule has 0 aliphatic heterocycles. The van der Waals surface area contributed by atoms with E-state index in [0.29, 0.717) is 21.2 Å². The van der Waals surface area contributed by atoms with Crippen LogP contribution in [0.2, 0.25) is 0 Å². The van der Waals surface area contributed by atoms with Crippen molar-refractivity contribution < 1.29 is 8.42 Å². The van der Waals surface area contributed by atoms with Crippen molar-refractivity contribution in [3.05, 3.63) is 34.3 Å². The molecule has 0 unspecified atom stereocenters. The molecule has 1 aromatic heterocycles. The Kier molecular flexibility index (Phi) is 3.43. The number of nitriles is 1. The van der Waals surface area contributed by atoms with Gasteiger partial charge in [0.15, 0.2) is 15.5 Å². The van der Waals surface area contributed by atoms with Crippen LogP contribution in [0.15, 0.2) is 23.1 Å². The summed E-state index contributed by atoms with van der Waals surface area (Å²) in [5.41, 5.74) is 1.82. The molecule has 1 heterocycles. The van der Waals surface area contributed by atoms with Crippen LogP contribution >= 0.6 is 11.3 Å². The summed E-state index contributed by atoms with van der Waals surface area (Å²) >= 11 is 1.39. The molecule has 0 amide bonds. The van der Waals surface area contributed by atoms with Gasteiger partial charge in [-0.15, -0.1) is 11.3 Å². The summed E-state index contributed by atoms with van der Waals surface area (Å²) in [6.45, 7) is 3.58. The largest absolute Gasteiger partial charge is 0.225 e. The zero-order valence-electron chi connectivity index (χ0n) is 10.8. The van der Waals surface area contributed by atoms with E-state index in [1.54, 1.807) is 19.1 Å². The monoisotopic (exact) mass is 292 g/mol. The molecule has 0 aliphatic carbocycles. The zero-order chi connectivity index (χ0) is 14.2. The first kappa shape index (κ1) is 13.7. The van der Waals surface area contributed by atoms with Crippen molar-refractivity contribution in [2.45, 2.75) is 18.7 Å². The van der Waals surface area contributed by atoms with E-state index in [4.69, 9.17) is 5.26 Å². The Morgan fingerprint density at radius 2 is 2.00 bits per heavy atom. The van der Waals surface area contributed by atoms with Gasteiger partial charge in [0.1, 0.15) is 11.1 Å². The Balaban J connectivity index is 2.61. The first-order valence-corrected chi connectivity index (χ1v) is 8.22. The molecule has 2 aromatic rings. The van der Waals surface area contributed by atoms with Gasteiger partial charge in [-0.3, -0.25) is 0 Å². The Labute approximate surface area is 116 Å². The second kappa shape index (κ2) is 4.76. The number of sulfone groups is 1. The SMILES string of the molecule is Cc1ccc(-c2nc(C#N)c(C)s2)cc1S(C)(=O)=O. The highest BCUT2D eigenvalue weighted by molar-refractivity contribution is 7.90. The van der Waals surface area contributed by atoms with Gasteiger partial charge in [-0.05, 0) is 25.5 Å². The molecule has 0 atom stereocenters. The van der Waals surface area contributed by atoms with Crippen molar-refractivity contribution in [1.29, 1.82) is 5.26 Å². The number of aryl methyl sites for hydroxylation is 2. The molecule has 0 saturated heterocycles. The normalized spacial score (nSPS) is 11.3. The van der Waals surface area contributed by atoms with Crippen molar-refractivity contribution in [1.82, 2.24) is 4.98 Å². The summed E-state index contributed by atoms with van der Waals surface area (Å²) in [6.07, 6.45) is 1.19. The summed E-state index contributed by atoms with van der Waals surface area (Å²) in [5.74, 6) is 0. The minimum Gasteiger partial charge on any atom is -0.225 e. The maximum absolute atomic E-state index is 11.7. The topological polar surface area (TPSA) is 70.8 Å². The van der Waals surface area contributed by atoms with E-state index < -0.39 is 9.84 Å². The maximum atomic E-state index is 11.7. The highest BCUT2D eigenvalue weighted by Gasteiger charge is 2.14. The molecule has 6 heteroatoms. The maximum Gasteiger partial charge on any atom is 0.175 e. The van der Waals surface area contributed by atoms with Crippen LogP contribution in [0.4, 0.5) is 0 Å². The summed E-state index contributed by atoms with van der Waals surface area (Å²) < 4.78 is 23.4. The van der Waals surface area contributed by atoms with Crippen LogP contribution in [0.3, 0.4) is 0 Å². The van der Waals surface area contributed by atoms with Crippen molar-refractivity contribution >= 4 is 21.2 Å². The number of hydrogen-bond donors (Lipinski definition) is 0. The highest BCUT2D eigenvalue weighted by Crippen LogP contribution is 2.30. The fourth-order valence-corrected chi connectivity index (χ4v) is 3.61. The van der Waals surface area contributed by atoms with Crippen LogP contribution in [0.5, 0.6) is 0 Å². The standard InChI is InChI=1S/C13H12N2O2S2/c1-8-4-5-10(6-12(8)19(3,16)17)13-15-11(7-14)9(2)18-13/h4-6H,1-3H3. The average molecular weight is 292 g/mol. The Morgan fingerprint density at radius 1 is 1.32 bits per heavy atom. The highest BCUT2D eigenvalue weighted by atomic mass is 32.2. The molecule has 0 N–H and O–H groups in total. The molecule has 2 rings (SSSR count). The molecule has 1 aromatic carbocycles. The van der Waals surface area contributed by atoms with Crippen LogP contribution < -0.4 is 0 Å². The number of benzene rings is 1. The zero-order valence-corrected chi connectivity index (χ0v) is 12.4. The number of rotatable bonds is 2. The van der Waals surface area contributed by atoms with Crippen molar-refractivity contribution in [3.63, 3.8) is 0 Å². The molecule has 4 nitrogen and oxygen atoms in total. The van der Waals surface area contributed by atoms with Crippen molar-refractivity contribution in [3.8, 4) is 16.6 Å². The van der Waals surface area contributed by atoms with Crippen molar-refractivity contribution in [2.75, 3.05) is 6.26 Å². The second-order valence-electron chi connectivity index (χ2n) is 4.29. The van der Waals surface area contributed by atoms with E-state index >= 15 is 0 Å². The van der Waals surface area contributed by atoms with E-state index in [1.807, 2.05) is 19.1 Å². The fourth-order valence-electron chi connectivity index (χ4n) is 1.76. The Morgan fingerprint density at radius 3 is 2.53 bits per heavy atom. The Hall–Kier alpha value is -1.71. The molecular formula is C13H12N2O2S2. The third-order valence-electron chi connectivity index (χ3n) is 2.74. The van der Waals surface area contributed by atoms with Gasteiger partial charge in [0.05, 0.1) is 4.90 Å². The number of aromatic nitrogens is 1. The van der Waals surface area contributed by atoms with Gasteiger partial charge in [0.25, 0.3) is 0 Å². The van der Waals surface area contributed by atoms with Gasteiger partial charge in [-0.25, -0.2) is 13.4 Å². The summed E-state index contributed by atoms with van der Waals surface area (Å²) in [7, 11) is -3.26. The predicted octanol–water partition coefficient (Wildman–Crippen LogP) is 2.70. The number of nitrogens with zero attached hydrogens (tertiary/aromatic N) is 2. The third-order valence-corrected chi connectivity index (χ3v) is 5.00. The lowest BCUT2D eigenvalue weighted by molar-refractivity contribution is 0.601. The molecule has 0 saturated carbocycles. The molecular weight excluding hydrogens is 280 g/mol. The van der Waals surface area contributed by atoms with Crippen LogP contribution in [-0.2, 0) is 9.84 Å². The molecule has 0 bridgehead atoms. The minimum absolute atomic E-state index is 0.302. The molecule has 98 valence electrons. The summed E-state index contributed by atoms with van der Waals surface area (Å²) in [4.78, 5) is 5.35. The van der Waals surface area contributed by atoms with E-state index in [-0.39, 0.29) is 0 Å². The van der Waals surface area contributed by atoms with Gasteiger partial charge in [0, 0.05) is 16.7 Å². The van der Waals surface area contributed by atoms with Crippen LogP contribution in [0, 0.1) is 25.2 Å². The molecule has 0 aliphatic rings. The van der Waals surface area contributed by atoms with Crippen LogP contribution in [0.25, 0.3) is 10.6 Å². The van der Waals surface area contributed by atoms with E-state index in [0.717, 1.165) is 10.4 Å². The van der Waals surface area contributed by atoms with Crippen LogP contribution in [-0.4, -0.2) is 19.7 Å². The lowest BCUT2D eigenvalue weighted by atomic mass is 10.1. The minimum atomic E-state index is -3.26. The van der Waals surface area contributed by atoms with E-state index in [9.17, 15) is 8.42 Å². The number of hydrogen-bond acceptors (Lipinski definition) is 5. The second-order valence-corrected chi connectivity index (χ2v) is 7.48. The predicted molar refractivity (Wildman–Crippen MR) is 74.8 cm³/mol. The Bertz CT molecular complexity index is 783. The summed E-state index contributed by atoms with van der Waals surface area (Å²) in [5, 5.41) is 9.57. The lowest BCUT2D eigenvalue weighted by Gasteiger charge is -2.05. The van der Waals surface area contributed by atoms with Gasteiger partial charge < -0.3 is 0 Å². The van der Waals surface area contributed by atoms with Gasteiger partial charge in [-0.1, -0.05) is 12.1 Å². The van der Waals surface area contributed by atoms with Gasteiger partial charge in [-0.2, -0.15) is 5.26 Å². The molecule has 19 heavy (non-hydrogen) atoms. The molecule has 0 fully saturated rings. The third kappa shape index (κ3) is 2.67. The quantitative estimate of drug-likeness (QED) is 0.853. The first-order chi connectivity index (χ1) is 8.82. The van der Waals surface area contributed by atoms with E-state index in [1.165, 1.54) is 17.6 Å². The molecule has 0 radical (unpaired) electrons. The fraction of sp³-hybridized carbons (Fsp3) is 0.231. The molecule has 0 spiro atoms. The van der Waals surface area contributed by atoms with Crippen molar-refractivity contribution in [2.24, 2.45) is 0 Å². The lowest BCUT2D eigenvalue weighted by Crippen LogP contribution is -2.00. The number of thiazole rings is 1. The summed E-state index contributed by atoms with van der Waals surface area (Å²) in [6, 6.07) is 7.22. The van der Waals surface area contributed by atoms with Crippen LogP contribution in [0.1, 0.15) is 16.1 Å².